The fourth-order valence-corrected chi connectivity index (χ4v) is 1.53. The molecule has 0 spiro atoms. The molecule has 1 unspecified atom stereocenters. The second kappa shape index (κ2) is 5.92. The third-order valence-electron chi connectivity index (χ3n) is 2.35. The fraction of sp³-hybridized carbons (Fsp3) is 0.385. The van der Waals surface area contributed by atoms with E-state index in [1.54, 1.807) is 0 Å². The van der Waals surface area contributed by atoms with Crippen molar-refractivity contribution in [2.75, 3.05) is 13.7 Å². The Kier molecular flexibility index (Phi) is 4.84. The summed E-state index contributed by atoms with van der Waals surface area (Å²) in [5.41, 5.74) is 2.06. The molecule has 1 rings (SSSR count). The van der Waals surface area contributed by atoms with Crippen molar-refractivity contribution >= 4 is 11.6 Å². The van der Waals surface area contributed by atoms with Crippen LogP contribution in [0.5, 0.6) is 5.75 Å². The summed E-state index contributed by atoms with van der Waals surface area (Å²) >= 11 is 5.98. The molecule has 3 heteroatoms. The molecule has 16 heavy (non-hydrogen) atoms. The highest BCUT2D eigenvalue weighted by Gasteiger charge is 2.10. The van der Waals surface area contributed by atoms with Gasteiger partial charge in [-0.2, -0.15) is 0 Å². The van der Waals surface area contributed by atoms with E-state index in [9.17, 15) is 0 Å². The topological polar surface area (TPSA) is 21.3 Å². The summed E-state index contributed by atoms with van der Waals surface area (Å²) in [5, 5.41) is 3.90. The molecular weight excluding hydrogens is 222 g/mol. The predicted molar refractivity (Wildman–Crippen MR) is 69.2 cm³/mol. The molecular formula is C13H18ClNO. The number of hydrogen-bond acceptors (Lipinski definition) is 2. The van der Waals surface area contributed by atoms with Gasteiger partial charge in [-0.25, -0.2) is 0 Å². The first kappa shape index (κ1) is 13.1. The van der Waals surface area contributed by atoms with Gasteiger partial charge < -0.3 is 10.1 Å². The van der Waals surface area contributed by atoms with Crippen LogP contribution in [-0.2, 0) is 0 Å². The van der Waals surface area contributed by atoms with Gasteiger partial charge in [0.25, 0.3) is 0 Å². The van der Waals surface area contributed by atoms with Crippen molar-refractivity contribution in [3.8, 4) is 5.75 Å². The maximum Gasteiger partial charge on any atom is 0.124 e. The van der Waals surface area contributed by atoms with Crippen molar-refractivity contribution < 1.29 is 4.74 Å². The monoisotopic (exact) mass is 239 g/mol. The summed E-state index contributed by atoms with van der Waals surface area (Å²) in [6.45, 7) is 8.36. The van der Waals surface area contributed by atoms with Gasteiger partial charge in [0, 0.05) is 16.6 Å². The first-order chi connectivity index (χ1) is 7.54. The smallest absolute Gasteiger partial charge is 0.124 e. The maximum absolute atomic E-state index is 5.98. The van der Waals surface area contributed by atoms with Crippen molar-refractivity contribution in [1.29, 1.82) is 0 Å². The van der Waals surface area contributed by atoms with Crippen molar-refractivity contribution in [3.63, 3.8) is 0 Å². The predicted octanol–water partition coefficient (Wildman–Crippen LogP) is 3.58. The molecule has 0 saturated heterocycles. The summed E-state index contributed by atoms with van der Waals surface area (Å²) in [6, 6.07) is 5.87. The van der Waals surface area contributed by atoms with Crippen LogP contribution in [0.3, 0.4) is 0 Å². The maximum atomic E-state index is 5.98. The fourth-order valence-electron chi connectivity index (χ4n) is 1.35. The van der Waals surface area contributed by atoms with Crippen LogP contribution in [0.2, 0.25) is 5.02 Å². The van der Waals surface area contributed by atoms with E-state index in [1.165, 1.54) is 0 Å². The highest BCUT2D eigenvalue weighted by molar-refractivity contribution is 6.30. The lowest BCUT2D eigenvalue weighted by molar-refractivity contribution is 0.345. The van der Waals surface area contributed by atoms with Gasteiger partial charge in [-0.3, -0.25) is 0 Å². The molecule has 0 heterocycles. The summed E-state index contributed by atoms with van der Waals surface area (Å²) < 4.78 is 5.68. The van der Waals surface area contributed by atoms with Crippen LogP contribution < -0.4 is 10.1 Å². The Morgan fingerprint density at radius 2 is 2.25 bits per heavy atom. The molecule has 0 bridgehead atoms. The largest absolute Gasteiger partial charge is 0.489 e. The van der Waals surface area contributed by atoms with Crippen LogP contribution in [0.25, 0.3) is 0 Å². The Bertz CT molecular complexity index is 376. The minimum Gasteiger partial charge on any atom is -0.489 e. The minimum atomic E-state index is 0.207. The van der Waals surface area contributed by atoms with Gasteiger partial charge in [0.1, 0.15) is 12.4 Å². The molecule has 1 aromatic carbocycles. The van der Waals surface area contributed by atoms with Crippen molar-refractivity contribution in [2.45, 2.75) is 19.9 Å². The summed E-state index contributed by atoms with van der Waals surface area (Å²) in [4.78, 5) is 0. The second-order valence-electron chi connectivity index (χ2n) is 3.94. The molecule has 0 radical (unpaired) electrons. The van der Waals surface area contributed by atoms with Crippen LogP contribution in [0.15, 0.2) is 30.4 Å². The summed E-state index contributed by atoms with van der Waals surface area (Å²) in [5.74, 6) is 0.856. The lowest BCUT2D eigenvalue weighted by Crippen LogP contribution is -2.14. The highest BCUT2D eigenvalue weighted by atomic mass is 35.5. The average molecular weight is 240 g/mol. The molecule has 0 aliphatic rings. The van der Waals surface area contributed by atoms with E-state index in [0.29, 0.717) is 6.61 Å². The van der Waals surface area contributed by atoms with Crippen LogP contribution >= 0.6 is 11.6 Å². The Morgan fingerprint density at radius 1 is 1.56 bits per heavy atom. The number of rotatable bonds is 5. The van der Waals surface area contributed by atoms with E-state index >= 15 is 0 Å². The van der Waals surface area contributed by atoms with Crippen LogP contribution in [-0.4, -0.2) is 13.7 Å². The zero-order valence-electron chi connectivity index (χ0n) is 10.0. The molecule has 1 aromatic rings. The van der Waals surface area contributed by atoms with Crippen LogP contribution in [0.4, 0.5) is 0 Å². The van der Waals surface area contributed by atoms with Crippen LogP contribution in [0, 0.1) is 0 Å². The number of halogens is 1. The molecule has 1 atom stereocenters. The molecule has 0 saturated carbocycles. The van der Waals surface area contributed by atoms with E-state index in [4.69, 9.17) is 16.3 Å². The molecule has 1 N–H and O–H groups in total. The third kappa shape index (κ3) is 3.54. The second-order valence-corrected chi connectivity index (χ2v) is 4.37. The zero-order chi connectivity index (χ0) is 12.1. The van der Waals surface area contributed by atoms with Crippen LogP contribution in [0.1, 0.15) is 25.5 Å². The van der Waals surface area contributed by atoms with Crippen molar-refractivity contribution in [1.82, 2.24) is 5.32 Å². The normalized spacial score (nSPS) is 12.2. The SMILES string of the molecule is C=C(C)COc1ccc(Cl)cc1C(C)NC. The van der Waals surface area contributed by atoms with Crippen molar-refractivity contribution in [3.05, 3.63) is 40.9 Å². The molecule has 0 fully saturated rings. The van der Waals surface area contributed by atoms with E-state index in [2.05, 4.69) is 18.8 Å². The Labute approximate surface area is 102 Å². The Balaban J connectivity index is 2.93. The van der Waals surface area contributed by atoms with Gasteiger partial charge in [0.05, 0.1) is 0 Å². The molecule has 2 nitrogen and oxygen atoms in total. The van der Waals surface area contributed by atoms with E-state index < -0.39 is 0 Å². The van der Waals surface area contributed by atoms with Gasteiger partial charge in [0.15, 0.2) is 0 Å². The highest BCUT2D eigenvalue weighted by Crippen LogP contribution is 2.28. The lowest BCUT2D eigenvalue weighted by atomic mass is 10.1. The third-order valence-corrected chi connectivity index (χ3v) is 2.58. The van der Waals surface area contributed by atoms with E-state index in [0.717, 1.165) is 21.9 Å². The van der Waals surface area contributed by atoms with Gasteiger partial charge in [-0.1, -0.05) is 18.2 Å². The number of benzene rings is 1. The zero-order valence-corrected chi connectivity index (χ0v) is 10.8. The lowest BCUT2D eigenvalue weighted by Gasteiger charge is -2.16. The Hall–Kier alpha value is -0.990. The van der Waals surface area contributed by atoms with Gasteiger partial charge in [-0.05, 0) is 44.7 Å². The molecule has 88 valence electrons. The summed E-state index contributed by atoms with van der Waals surface area (Å²) in [6.07, 6.45) is 0. The molecule has 0 amide bonds. The molecule has 0 aliphatic carbocycles. The Morgan fingerprint density at radius 3 is 2.81 bits per heavy atom. The van der Waals surface area contributed by atoms with E-state index in [-0.39, 0.29) is 6.04 Å². The quantitative estimate of drug-likeness (QED) is 0.794. The van der Waals surface area contributed by atoms with E-state index in [1.807, 2.05) is 32.2 Å². The number of ether oxygens (including phenoxy) is 1. The molecule has 0 aliphatic heterocycles. The van der Waals surface area contributed by atoms with Crippen molar-refractivity contribution in [2.24, 2.45) is 0 Å². The van der Waals surface area contributed by atoms with Gasteiger partial charge >= 0.3 is 0 Å². The average Bonchev–Trinajstić information content (AvgIpc) is 2.26. The summed E-state index contributed by atoms with van der Waals surface area (Å²) in [7, 11) is 1.91. The first-order valence-corrected chi connectivity index (χ1v) is 5.66. The first-order valence-electron chi connectivity index (χ1n) is 5.28. The number of nitrogens with one attached hydrogen (secondary N) is 1. The van der Waals surface area contributed by atoms with Gasteiger partial charge in [-0.15, -0.1) is 0 Å². The van der Waals surface area contributed by atoms with Gasteiger partial charge in [0.2, 0.25) is 0 Å². The minimum absolute atomic E-state index is 0.207. The standard InChI is InChI=1S/C13H18ClNO/c1-9(2)8-16-13-6-5-11(14)7-12(13)10(3)15-4/h5-7,10,15H,1,8H2,2-4H3. The number of hydrogen-bond donors (Lipinski definition) is 1. The molecule has 0 aromatic heterocycles.